The summed E-state index contributed by atoms with van der Waals surface area (Å²) in [5, 5.41) is 10.4. The van der Waals surface area contributed by atoms with Crippen molar-refractivity contribution in [1.82, 2.24) is 0 Å². The molecule has 1 saturated carbocycles. The van der Waals surface area contributed by atoms with Crippen molar-refractivity contribution in [3.8, 4) is 0 Å². The summed E-state index contributed by atoms with van der Waals surface area (Å²) in [6.45, 7) is 4.53. The lowest BCUT2D eigenvalue weighted by molar-refractivity contribution is 0.0171. The second-order valence-corrected chi connectivity index (χ2v) is 6.35. The molecule has 1 fully saturated rings. The van der Waals surface area contributed by atoms with Crippen molar-refractivity contribution in [3.05, 3.63) is 0 Å². The Morgan fingerprint density at radius 3 is 2.00 bits per heavy atom. The van der Waals surface area contributed by atoms with Gasteiger partial charge < -0.3 is 5.11 Å². The monoisotopic (exact) mass is 254 g/mol. The van der Waals surface area contributed by atoms with Gasteiger partial charge in [-0.15, -0.1) is 0 Å². The van der Waals surface area contributed by atoms with Gasteiger partial charge in [0.25, 0.3) is 0 Å². The van der Waals surface area contributed by atoms with Crippen LogP contribution in [0.4, 0.5) is 0 Å². The molecular formula is C17H34O. The molecule has 0 heterocycles. The highest BCUT2D eigenvalue weighted by Gasteiger charge is 2.38. The maximum absolute atomic E-state index is 10.4. The Bertz CT molecular complexity index is 194. The Balaban J connectivity index is 2.07. The number of unbranched alkanes of at least 4 members (excludes halogenated alkanes) is 6. The minimum Gasteiger partial charge on any atom is -0.393 e. The standard InChI is InChI=1S/C17H34O/c1-3-5-6-7-8-9-10-13-16(18)17(4-2)14-11-12-15-17/h16,18H,3-15H2,1-2H3. The van der Waals surface area contributed by atoms with Crippen LogP contribution < -0.4 is 0 Å². The summed E-state index contributed by atoms with van der Waals surface area (Å²) in [5.74, 6) is 0. The van der Waals surface area contributed by atoms with Crippen LogP contribution in [-0.4, -0.2) is 11.2 Å². The normalized spacial score (nSPS) is 20.2. The maximum Gasteiger partial charge on any atom is 0.0596 e. The van der Waals surface area contributed by atoms with Gasteiger partial charge in [-0.05, 0) is 31.1 Å². The van der Waals surface area contributed by atoms with Crippen LogP contribution in [0.2, 0.25) is 0 Å². The summed E-state index contributed by atoms with van der Waals surface area (Å²) in [6, 6.07) is 0. The van der Waals surface area contributed by atoms with E-state index in [4.69, 9.17) is 0 Å². The molecule has 108 valence electrons. The molecule has 0 aromatic heterocycles. The summed E-state index contributed by atoms with van der Waals surface area (Å²) < 4.78 is 0. The SMILES string of the molecule is CCCCCCCCCC(O)C1(CC)CCCC1. The van der Waals surface area contributed by atoms with Crippen molar-refractivity contribution >= 4 is 0 Å². The topological polar surface area (TPSA) is 20.2 Å². The van der Waals surface area contributed by atoms with Crippen molar-refractivity contribution in [3.63, 3.8) is 0 Å². The number of hydrogen-bond acceptors (Lipinski definition) is 1. The molecule has 0 aromatic rings. The Hall–Kier alpha value is -0.0400. The van der Waals surface area contributed by atoms with Gasteiger partial charge in [-0.1, -0.05) is 71.6 Å². The quantitative estimate of drug-likeness (QED) is 0.513. The summed E-state index contributed by atoms with van der Waals surface area (Å²) in [4.78, 5) is 0. The van der Waals surface area contributed by atoms with Crippen LogP contribution in [0.15, 0.2) is 0 Å². The van der Waals surface area contributed by atoms with Gasteiger partial charge in [0.1, 0.15) is 0 Å². The van der Waals surface area contributed by atoms with Crippen molar-refractivity contribution in [1.29, 1.82) is 0 Å². The van der Waals surface area contributed by atoms with Gasteiger partial charge in [0.05, 0.1) is 6.10 Å². The van der Waals surface area contributed by atoms with Crippen LogP contribution in [0, 0.1) is 5.41 Å². The third-order valence-electron chi connectivity index (χ3n) is 5.09. The third-order valence-corrected chi connectivity index (χ3v) is 5.09. The minimum atomic E-state index is -0.0272. The number of rotatable bonds is 10. The Labute approximate surface area is 114 Å². The third kappa shape index (κ3) is 4.91. The summed E-state index contributed by atoms with van der Waals surface area (Å²) in [5.41, 5.74) is 0.294. The predicted molar refractivity (Wildman–Crippen MR) is 79.8 cm³/mol. The van der Waals surface area contributed by atoms with Crippen molar-refractivity contribution in [2.75, 3.05) is 0 Å². The Morgan fingerprint density at radius 2 is 1.44 bits per heavy atom. The molecule has 0 amide bonds. The van der Waals surface area contributed by atoms with Crippen molar-refractivity contribution in [2.45, 2.75) is 103 Å². The molecule has 1 aliphatic rings. The first kappa shape index (κ1) is 16.0. The molecule has 1 N–H and O–H groups in total. The zero-order valence-corrected chi connectivity index (χ0v) is 12.7. The van der Waals surface area contributed by atoms with E-state index in [0.29, 0.717) is 5.41 Å². The van der Waals surface area contributed by atoms with Gasteiger partial charge in [-0.2, -0.15) is 0 Å². The second kappa shape index (κ2) is 8.96. The van der Waals surface area contributed by atoms with E-state index in [9.17, 15) is 5.11 Å². The van der Waals surface area contributed by atoms with E-state index in [0.717, 1.165) is 6.42 Å². The smallest absolute Gasteiger partial charge is 0.0596 e. The molecule has 0 saturated heterocycles. The molecule has 1 rings (SSSR count). The Morgan fingerprint density at radius 1 is 0.889 bits per heavy atom. The zero-order valence-electron chi connectivity index (χ0n) is 12.7. The average molecular weight is 254 g/mol. The molecule has 1 aliphatic carbocycles. The van der Waals surface area contributed by atoms with Crippen LogP contribution >= 0.6 is 0 Å². The van der Waals surface area contributed by atoms with Crippen LogP contribution in [0.5, 0.6) is 0 Å². The van der Waals surface area contributed by atoms with E-state index in [2.05, 4.69) is 13.8 Å². The van der Waals surface area contributed by atoms with E-state index in [-0.39, 0.29) is 6.10 Å². The highest BCUT2D eigenvalue weighted by Crippen LogP contribution is 2.45. The van der Waals surface area contributed by atoms with Crippen LogP contribution in [-0.2, 0) is 0 Å². The summed E-state index contributed by atoms with van der Waals surface area (Å²) in [7, 11) is 0. The van der Waals surface area contributed by atoms with E-state index in [1.165, 1.54) is 77.0 Å². The molecule has 1 atom stereocenters. The molecule has 0 radical (unpaired) electrons. The molecule has 1 nitrogen and oxygen atoms in total. The van der Waals surface area contributed by atoms with Gasteiger partial charge in [0.2, 0.25) is 0 Å². The molecule has 0 bridgehead atoms. The summed E-state index contributed by atoms with van der Waals surface area (Å²) in [6.07, 6.45) is 16.8. The average Bonchev–Trinajstić information content (AvgIpc) is 2.87. The van der Waals surface area contributed by atoms with E-state index in [1.54, 1.807) is 0 Å². The molecule has 0 spiro atoms. The van der Waals surface area contributed by atoms with Crippen LogP contribution in [0.1, 0.15) is 97.3 Å². The molecule has 0 aliphatic heterocycles. The molecule has 18 heavy (non-hydrogen) atoms. The number of aliphatic hydroxyl groups excluding tert-OH is 1. The van der Waals surface area contributed by atoms with E-state index < -0.39 is 0 Å². The van der Waals surface area contributed by atoms with Gasteiger partial charge in [-0.3, -0.25) is 0 Å². The zero-order chi connectivity index (χ0) is 13.3. The molecular weight excluding hydrogens is 220 g/mol. The lowest BCUT2D eigenvalue weighted by Crippen LogP contribution is -2.31. The van der Waals surface area contributed by atoms with Gasteiger partial charge in [0, 0.05) is 0 Å². The number of aliphatic hydroxyl groups is 1. The fourth-order valence-corrected chi connectivity index (χ4v) is 3.60. The summed E-state index contributed by atoms with van der Waals surface area (Å²) >= 11 is 0. The van der Waals surface area contributed by atoms with E-state index >= 15 is 0 Å². The largest absolute Gasteiger partial charge is 0.393 e. The van der Waals surface area contributed by atoms with Crippen molar-refractivity contribution in [2.24, 2.45) is 5.41 Å². The highest BCUT2D eigenvalue weighted by molar-refractivity contribution is 4.89. The maximum atomic E-state index is 10.4. The Kier molecular flexibility index (Phi) is 7.97. The lowest BCUT2D eigenvalue weighted by atomic mass is 9.76. The van der Waals surface area contributed by atoms with Gasteiger partial charge in [-0.25, -0.2) is 0 Å². The minimum absolute atomic E-state index is 0.0272. The second-order valence-electron chi connectivity index (χ2n) is 6.35. The first-order valence-electron chi connectivity index (χ1n) is 8.43. The lowest BCUT2D eigenvalue weighted by Gasteiger charge is -2.33. The molecule has 0 aromatic carbocycles. The fourth-order valence-electron chi connectivity index (χ4n) is 3.60. The van der Waals surface area contributed by atoms with Crippen molar-refractivity contribution < 1.29 is 5.11 Å². The van der Waals surface area contributed by atoms with Gasteiger partial charge in [0.15, 0.2) is 0 Å². The van der Waals surface area contributed by atoms with Gasteiger partial charge >= 0.3 is 0 Å². The molecule has 1 unspecified atom stereocenters. The van der Waals surface area contributed by atoms with Crippen LogP contribution in [0.25, 0.3) is 0 Å². The van der Waals surface area contributed by atoms with Crippen LogP contribution in [0.3, 0.4) is 0 Å². The first-order valence-corrected chi connectivity index (χ1v) is 8.43. The first-order chi connectivity index (χ1) is 8.75. The molecule has 1 heteroatoms. The number of hydrogen-bond donors (Lipinski definition) is 1. The predicted octanol–water partition coefficient (Wildman–Crippen LogP) is 5.46. The van der Waals surface area contributed by atoms with E-state index in [1.807, 2.05) is 0 Å². The fraction of sp³-hybridized carbons (Fsp3) is 1.00. The highest BCUT2D eigenvalue weighted by atomic mass is 16.3.